The van der Waals surface area contributed by atoms with Gasteiger partial charge in [-0.05, 0) is 82.1 Å². The molecule has 0 aromatic rings. The lowest BCUT2D eigenvalue weighted by Gasteiger charge is -2.40. The van der Waals surface area contributed by atoms with E-state index in [9.17, 15) is 39.3 Å². The SMILES string of the molecule is CSC1CC(=O)N(CC2CCC(C(=O)NCCCCCC(=O)NCCCCCC(=O)NCCCCCS[C@@H]3OC(CO)[C@H](O)[C@H](O)C3N)CC2)C1=O. The number of hydrogen-bond donors (Lipinski definition) is 7. The monoisotopic (exact) mass is 773 g/mol. The quantitative estimate of drug-likeness (QED) is 0.0547. The fourth-order valence-electron chi connectivity index (χ4n) is 6.91. The first kappa shape index (κ1) is 44.4. The van der Waals surface area contributed by atoms with Gasteiger partial charge in [-0.1, -0.05) is 19.3 Å². The van der Waals surface area contributed by atoms with Gasteiger partial charge in [-0.3, -0.25) is 28.9 Å². The fourth-order valence-corrected chi connectivity index (χ4v) is 8.76. The predicted octanol–water partition coefficient (Wildman–Crippen LogP) is 1.42. The minimum atomic E-state index is -1.20. The van der Waals surface area contributed by atoms with Crippen molar-refractivity contribution in [3.8, 4) is 0 Å². The molecule has 0 spiro atoms. The average molecular weight is 774 g/mol. The van der Waals surface area contributed by atoms with Crippen molar-refractivity contribution in [3.05, 3.63) is 0 Å². The molecule has 14 nitrogen and oxygen atoms in total. The number of amides is 5. The van der Waals surface area contributed by atoms with Crippen molar-refractivity contribution in [1.29, 1.82) is 0 Å². The molecule has 0 radical (unpaired) electrons. The molecule has 2 saturated heterocycles. The molecule has 0 bridgehead atoms. The van der Waals surface area contributed by atoms with Gasteiger partial charge >= 0.3 is 0 Å². The Bertz CT molecular complexity index is 1130. The van der Waals surface area contributed by atoms with E-state index in [0.717, 1.165) is 89.2 Å². The van der Waals surface area contributed by atoms with Gasteiger partial charge in [0.15, 0.2) is 0 Å². The maximum absolute atomic E-state index is 12.6. The molecule has 1 aliphatic carbocycles. The number of hydrogen-bond acceptors (Lipinski definition) is 12. The van der Waals surface area contributed by atoms with Crippen molar-refractivity contribution in [2.45, 2.75) is 138 Å². The Morgan fingerprint density at radius 3 is 1.96 bits per heavy atom. The summed E-state index contributed by atoms with van der Waals surface area (Å²) in [5.74, 6) is 0.986. The summed E-state index contributed by atoms with van der Waals surface area (Å²) >= 11 is 2.89. The molecule has 3 rings (SSSR count). The van der Waals surface area contributed by atoms with Gasteiger partial charge in [0.25, 0.3) is 0 Å². The van der Waals surface area contributed by atoms with Gasteiger partial charge in [0.2, 0.25) is 29.5 Å². The first-order valence-electron chi connectivity index (χ1n) is 19.2. The standard InChI is InChI=1S/C36H63N5O9S2/c1-51-27-21-30(45)41(35(27)49)22-24-13-15-25(16-14-24)34(48)40-19-8-3-6-12-28(43)38-17-7-2-5-11-29(44)39-18-9-4-10-20-52-36-31(37)33(47)32(46)26(23-42)50-36/h24-27,31-33,36,42,46-47H,2-23,37H2,1H3,(H,38,43)(H,39,44)(H,40,48)/t24?,25?,26?,27?,31?,32-,33+,36-/m0/s1. The molecule has 8 N–H and O–H groups in total. The number of rotatable bonds is 24. The molecule has 2 aliphatic heterocycles. The van der Waals surface area contributed by atoms with E-state index in [2.05, 4.69) is 16.0 Å². The number of carbonyl (C=O) groups excluding carboxylic acids is 5. The number of nitrogens with two attached hydrogens (primary N) is 1. The molecule has 52 heavy (non-hydrogen) atoms. The summed E-state index contributed by atoms with van der Waals surface area (Å²) in [5, 5.41) is 37.9. The number of aliphatic hydroxyl groups is 3. The van der Waals surface area contributed by atoms with Gasteiger partial charge in [-0.15, -0.1) is 11.8 Å². The molecule has 0 aromatic carbocycles. The van der Waals surface area contributed by atoms with Crippen molar-refractivity contribution in [3.63, 3.8) is 0 Å². The third-order valence-corrected chi connectivity index (χ3v) is 12.5. The van der Waals surface area contributed by atoms with Crippen LogP contribution in [0.1, 0.15) is 103 Å². The zero-order chi connectivity index (χ0) is 37.9. The Morgan fingerprint density at radius 2 is 1.40 bits per heavy atom. The minimum Gasteiger partial charge on any atom is -0.394 e. The third kappa shape index (κ3) is 15.1. The van der Waals surface area contributed by atoms with Gasteiger partial charge < -0.3 is 41.7 Å². The second kappa shape index (κ2) is 24.5. The number of aliphatic hydroxyl groups excluding tert-OH is 3. The van der Waals surface area contributed by atoms with Crippen LogP contribution in [0, 0.1) is 11.8 Å². The van der Waals surface area contributed by atoms with Crippen LogP contribution >= 0.6 is 23.5 Å². The summed E-state index contributed by atoms with van der Waals surface area (Å²) in [4.78, 5) is 62.9. The molecule has 5 amide bonds. The van der Waals surface area contributed by atoms with Crippen LogP contribution in [-0.4, -0.2) is 130 Å². The Balaban J connectivity index is 1.07. The van der Waals surface area contributed by atoms with Crippen LogP contribution in [0.5, 0.6) is 0 Å². The molecule has 3 fully saturated rings. The number of thioether (sulfide) groups is 2. The molecule has 3 aliphatic rings. The highest BCUT2D eigenvalue weighted by atomic mass is 32.2. The van der Waals surface area contributed by atoms with Crippen LogP contribution in [0.2, 0.25) is 0 Å². The number of carbonyl (C=O) groups is 5. The summed E-state index contributed by atoms with van der Waals surface area (Å²) in [6.45, 7) is 1.89. The summed E-state index contributed by atoms with van der Waals surface area (Å²) < 4.78 is 5.61. The predicted molar refractivity (Wildman–Crippen MR) is 202 cm³/mol. The number of likely N-dealkylation sites (tertiary alicyclic amines) is 1. The zero-order valence-corrected chi connectivity index (χ0v) is 32.4. The number of nitrogens with one attached hydrogen (secondary N) is 3. The van der Waals surface area contributed by atoms with Crippen LogP contribution in [0.4, 0.5) is 0 Å². The highest BCUT2D eigenvalue weighted by Gasteiger charge is 2.42. The normalized spacial score (nSPS) is 27.8. The van der Waals surface area contributed by atoms with E-state index in [1.165, 1.54) is 28.4 Å². The van der Waals surface area contributed by atoms with Crippen molar-refractivity contribution in [1.82, 2.24) is 20.9 Å². The molecule has 3 unspecified atom stereocenters. The highest BCUT2D eigenvalue weighted by Crippen LogP contribution is 2.32. The van der Waals surface area contributed by atoms with Crippen LogP contribution in [0.25, 0.3) is 0 Å². The van der Waals surface area contributed by atoms with Gasteiger partial charge in [0, 0.05) is 51.4 Å². The smallest absolute Gasteiger partial charge is 0.242 e. The third-order valence-electron chi connectivity index (χ3n) is 10.3. The largest absolute Gasteiger partial charge is 0.394 e. The first-order valence-corrected chi connectivity index (χ1v) is 21.6. The molecule has 0 aromatic heterocycles. The molecule has 16 heteroatoms. The Kier molecular flexibility index (Phi) is 20.9. The maximum Gasteiger partial charge on any atom is 0.242 e. The van der Waals surface area contributed by atoms with E-state index < -0.39 is 29.8 Å². The maximum atomic E-state index is 12.6. The summed E-state index contributed by atoms with van der Waals surface area (Å²) in [5.41, 5.74) is 5.47. The van der Waals surface area contributed by atoms with Crippen LogP contribution in [0.3, 0.4) is 0 Å². The topological polar surface area (TPSA) is 221 Å². The number of unbranched alkanes of at least 4 members (excludes halogenated alkanes) is 6. The van der Waals surface area contributed by atoms with Gasteiger partial charge in [0.05, 0.1) is 17.9 Å². The van der Waals surface area contributed by atoms with E-state index in [1.807, 2.05) is 6.26 Å². The molecular weight excluding hydrogens is 711 g/mol. The van der Waals surface area contributed by atoms with E-state index in [0.29, 0.717) is 45.4 Å². The van der Waals surface area contributed by atoms with Crippen LogP contribution in [-0.2, 0) is 28.7 Å². The molecule has 298 valence electrons. The fraction of sp³-hybridized carbons (Fsp3) is 0.861. The van der Waals surface area contributed by atoms with Crippen molar-refractivity contribution in [2.24, 2.45) is 17.6 Å². The van der Waals surface area contributed by atoms with E-state index in [1.54, 1.807) is 0 Å². The lowest BCUT2D eigenvalue weighted by Crippen LogP contribution is -2.60. The first-order chi connectivity index (χ1) is 25.0. The van der Waals surface area contributed by atoms with Gasteiger partial charge in [0.1, 0.15) is 23.7 Å². The van der Waals surface area contributed by atoms with E-state index in [-0.39, 0.29) is 53.2 Å². The average Bonchev–Trinajstić information content (AvgIpc) is 3.41. The second-order valence-corrected chi connectivity index (χ2v) is 16.6. The van der Waals surface area contributed by atoms with Crippen molar-refractivity contribution < 1.29 is 44.0 Å². The molecule has 2 heterocycles. The molecule has 1 saturated carbocycles. The minimum absolute atomic E-state index is 0.0202. The lowest BCUT2D eigenvalue weighted by atomic mass is 9.81. The van der Waals surface area contributed by atoms with Crippen molar-refractivity contribution >= 4 is 53.1 Å². The van der Waals surface area contributed by atoms with Crippen LogP contribution < -0.4 is 21.7 Å². The summed E-state index contributed by atoms with van der Waals surface area (Å²) in [6, 6.07) is -0.726. The highest BCUT2D eigenvalue weighted by molar-refractivity contribution is 8.00. The molecular formula is C36H63N5O9S2. The van der Waals surface area contributed by atoms with Crippen molar-refractivity contribution in [2.75, 3.05) is 44.8 Å². The lowest BCUT2D eigenvalue weighted by molar-refractivity contribution is -0.165. The Labute approximate surface area is 317 Å². The number of imide groups is 1. The number of nitrogens with zero attached hydrogens (tertiary/aromatic N) is 1. The summed E-state index contributed by atoms with van der Waals surface area (Å²) in [6.07, 6.45) is 10.7. The van der Waals surface area contributed by atoms with E-state index in [4.69, 9.17) is 10.5 Å². The zero-order valence-electron chi connectivity index (χ0n) is 30.8. The molecule has 6 atom stereocenters. The van der Waals surface area contributed by atoms with Gasteiger partial charge in [-0.2, -0.15) is 11.8 Å². The Hall–Kier alpha value is -1.95. The van der Waals surface area contributed by atoms with Crippen LogP contribution in [0.15, 0.2) is 0 Å². The Morgan fingerprint density at radius 1 is 0.827 bits per heavy atom. The van der Waals surface area contributed by atoms with E-state index >= 15 is 0 Å². The second-order valence-electron chi connectivity index (χ2n) is 14.3. The summed E-state index contributed by atoms with van der Waals surface area (Å²) in [7, 11) is 0. The number of ether oxygens (including phenoxy) is 1. The van der Waals surface area contributed by atoms with Gasteiger partial charge in [-0.25, -0.2) is 0 Å².